The Morgan fingerprint density at radius 1 is 1.08 bits per heavy atom. The van der Waals surface area contributed by atoms with Gasteiger partial charge in [-0.15, -0.1) is 0 Å². The van der Waals surface area contributed by atoms with E-state index < -0.39 is 33.0 Å². The molecular formula is C26H23ClF3N3O4S. The molecule has 0 radical (unpaired) electrons. The number of primary amides is 1. The number of halogens is 4. The van der Waals surface area contributed by atoms with Crippen molar-refractivity contribution in [2.45, 2.75) is 44.2 Å². The largest absolute Gasteiger partial charge is 0.420 e. The molecule has 0 aliphatic carbocycles. The highest BCUT2D eigenvalue weighted by Crippen LogP contribution is 2.38. The number of carbonyl (C=O) groups excluding carboxylic acids is 1. The molecule has 0 aliphatic rings. The predicted molar refractivity (Wildman–Crippen MR) is 137 cm³/mol. The highest BCUT2D eigenvalue weighted by atomic mass is 35.5. The maximum atomic E-state index is 13.3. The molecule has 4 aromatic rings. The molecule has 0 saturated carbocycles. The monoisotopic (exact) mass is 565 g/mol. The van der Waals surface area contributed by atoms with E-state index in [1.54, 1.807) is 16.7 Å². The molecule has 4 rings (SSSR count). The van der Waals surface area contributed by atoms with E-state index >= 15 is 0 Å². The summed E-state index contributed by atoms with van der Waals surface area (Å²) in [6.45, 7) is 3.67. The Bertz CT molecular complexity index is 1630. The van der Waals surface area contributed by atoms with E-state index in [0.717, 1.165) is 17.2 Å². The molecule has 2 N–H and O–H groups in total. The molecule has 7 nitrogen and oxygen atoms in total. The van der Waals surface area contributed by atoms with Crippen LogP contribution in [0.25, 0.3) is 16.7 Å². The Morgan fingerprint density at radius 2 is 1.76 bits per heavy atom. The lowest BCUT2D eigenvalue weighted by atomic mass is 10.0. The van der Waals surface area contributed by atoms with Crippen LogP contribution in [0.2, 0.25) is 5.02 Å². The van der Waals surface area contributed by atoms with Gasteiger partial charge in [0.15, 0.2) is 0 Å². The standard InChI is InChI=1S/C26H23ClF3N3O4S/c1-3-24-32-21-13-19(26(28,29)30)20(27)14-22(21)33(24)18-9-6-16(7-10-18)5-8-17-12-15(2)4-11-23(17)38(35,36)37-25(31)34/h4,6-7,9-14H,3,5,8H2,1-2H3,(H2,31,34). The molecule has 3 aromatic carbocycles. The van der Waals surface area contributed by atoms with Gasteiger partial charge in [0.25, 0.3) is 0 Å². The van der Waals surface area contributed by atoms with E-state index in [1.165, 1.54) is 12.1 Å². The van der Waals surface area contributed by atoms with Crippen LogP contribution in [0.4, 0.5) is 18.0 Å². The molecule has 38 heavy (non-hydrogen) atoms. The summed E-state index contributed by atoms with van der Waals surface area (Å²) >= 11 is 5.97. The quantitative estimate of drug-likeness (QED) is 0.271. The van der Waals surface area contributed by atoms with Gasteiger partial charge in [0.2, 0.25) is 0 Å². The van der Waals surface area contributed by atoms with Crippen LogP contribution in [-0.2, 0) is 39.7 Å². The zero-order valence-electron chi connectivity index (χ0n) is 20.3. The van der Waals surface area contributed by atoms with Gasteiger partial charge < -0.3 is 9.92 Å². The van der Waals surface area contributed by atoms with Crippen molar-refractivity contribution in [3.05, 3.63) is 87.7 Å². The number of aryl methyl sites for hydroxylation is 4. The van der Waals surface area contributed by atoms with Crippen LogP contribution >= 0.6 is 11.6 Å². The molecule has 0 unspecified atom stereocenters. The summed E-state index contributed by atoms with van der Waals surface area (Å²) in [6.07, 6.45) is -4.73. The molecule has 0 fully saturated rings. The lowest BCUT2D eigenvalue weighted by Crippen LogP contribution is -2.20. The number of nitrogens with two attached hydrogens (primary N) is 1. The molecule has 0 spiro atoms. The van der Waals surface area contributed by atoms with Crippen molar-refractivity contribution < 1.29 is 30.6 Å². The van der Waals surface area contributed by atoms with Crippen LogP contribution in [0.3, 0.4) is 0 Å². The number of alkyl halides is 3. The van der Waals surface area contributed by atoms with E-state index in [0.29, 0.717) is 41.9 Å². The zero-order valence-corrected chi connectivity index (χ0v) is 21.9. The summed E-state index contributed by atoms with van der Waals surface area (Å²) in [7, 11) is -4.36. The Morgan fingerprint density at radius 3 is 2.37 bits per heavy atom. The molecule has 1 amide bonds. The van der Waals surface area contributed by atoms with Crippen LogP contribution in [0.15, 0.2) is 59.5 Å². The second kappa shape index (κ2) is 10.3. The number of amides is 1. The van der Waals surface area contributed by atoms with Gasteiger partial charge >= 0.3 is 22.4 Å². The Labute approximate surface area is 222 Å². The molecule has 0 atom stereocenters. The van der Waals surface area contributed by atoms with Gasteiger partial charge in [-0.05, 0) is 61.2 Å². The number of carbonyl (C=O) groups is 1. The number of imidazole rings is 1. The van der Waals surface area contributed by atoms with Crippen molar-refractivity contribution in [3.63, 3.8) is 0 Å². The smallest absolute Gasteiger partial charge is 0.334 e. The fourth-order valence-corrected chi connectivity index (χ4v) is 5.57. The van der Waals surface area contributed by atoms with Crippen LogP contribution in [0.1, 0.15) is 35.0 Å². The third kappa shape index (κ3) is 5.63. The lowest BCUT2D eigenvalue weighted by molar-refractivity contribution is -0.137. The number of hydrogen-bond donors (Lipinski definition) is 1. The van der Waals surface area contributed by atoms with Gasteiger partial charge in [0.1, 0.15) is 10.7 Å². The molecule has 0 aliphatic heterocycles. The third-order valence-corrected chi connectivity index (χ3v) is 7.62. The molecule has 200 valence electrons. The minimum absolute atomic E-state index is 0.133. The van der Waals surface area contributed by atoms with Crippen molar-refractivity contribution in [2.24, 2.45) is 5.73 Å². The van der Waals surface area contributed by atoms with E-state index in [1.807, 2.05) is 38.1 Å². The van der Waals surface area contributed by atoms with Gasteiger partial charge in [0, 0.05) is 12.1 Å². The Hall–Kier alpha value is -3.57. The molecule has 12 heteroatoms. The summed E-state index contributed by atoms with van der Waals surface area (Å²) in [6, 6.07) is 14.2. The van der Waals surface area contributed by atoms with Crippen molar-refractivity contribution in [3.8, 4) is 5.69 Å². The highest BCUT2D eigenvalue weighted by Gasteiger charge is 2.34. The summed E-state index contributed by atoms with van der Waals surface area (Å²) in [5, 5.41) is -0.408. The van der Waals surface area contributed by atoms with Crippen LogP contribution in [0.5, 0.6) is 0 Å². The van der Waals surface area contributed by atoms with Crippen molar-refractivity contribution in [1.82, 2.24) is 9.55 Å². The second-order valence-electron chi connectivity index (χ2n) is 8.67. The van der Waals surface area contributed by atoms with E-state index in [9.17, 15) is 26.4 Å². The normalized spacial score (nSPS) is 12.2. The Balaban J connectivity index is 1.63. The zero-order chi connectivity index (χ0) is 27.8. The average molecular weight is 566 g/mol. The van der Waals surface area contributed by atoms with Gasteiger partial charge in [0.05, 0.1) is 21.6 Å². The molecule has 1 heterocycles. The van der Waals surface area contributed by atoms with Crippen molar-refractivity contribution >= 4 is 38.8 Å². The van der Waals surface area contributed by atoms with Gasteiger partial charge in [-0.2, -0.15) is 21.6 Å². The first-order chi connectivity index (χ1) is 17.8. The third-order valence-electron chi connectivity index (χ3n) is 5.99. The molecule has 0 saturated heterocycles. The highest BCUT2D eigenvalue weighted by molar-refractivity contribution is 7.87. The van der Waals surface area contributed by atoms with Gasteiger partial charge in [-0.3, -0.25) is 4.57 Å². The number of aromatic nitrogens is 2. The van der Waals surface area contributed by atoms with E-state index in [4.69, 9.17) is 17.3 Å². The SMILES string of the molecule is CCc1nc2cc(C(F)(F)F)c(Cl)cc2n1-c1ccc(CCc2cc(C)ccc2S(=O)(=O)OC(N)=O)cc1. The van der Waals surface area contributed by atoms with Crippen LogP contribution in [0, 0.1) is 6.92 Å². The number of fused-ring (bicyclic) bond motifs is 1. The van der Waals surface area contributed by atoms with Crippen LogP contribution in [-0.4, -0.2) is 24.1 Å². The van der Waals surface area contributed by atoms with Crippen molar-refractivity contribution in [2.75, 3.05) is 0 Å². The summed E-state index contributed by atoms with van der Waals surface area (Å²) in [4.78, 5) is 15.3. The fraction of sp³-hybridized carbons (Fsp3) is 0.231. The molecule has 1 aromatic heterocycles. The lowest BCUT2D eigenvalue weighted by Gasteiger charge is -2.13. The van der Waals surface area contributed by atoms with E-state index in [-0.39, 0.29) is 10.4 Å². The number of hydrogen-bond acceptors (Lipinski definition) is 5. The van der Waals surface area contributed by atoms with Gasteiger partial charge in [-0.1, -0.05) is 48.4 Å². The maximum Gasteiger partial charge on any atom is 0.420 e. The number of rotatable bonds is 7. The first-order valence-corrected chi connectivity index (χ1v) is 13.3. The fourth-order valence-electron chi connectivity index (χ4n) is 4.28. The summed E-state index contributed by atoms with van der Waals surface area (Å²) < 4.78 is 70.9. The maximum absolute atomic E-state index is 13.3. The average Bonchev–Trinajstić information content (AvgIpc) is 3.18. The minimum Gasteiger partial charge on any atom is -0.334 e. The van der Waals surface area contributed by atoms with Gasteiger partial charge in [-0.25, -0.2) is 9.78 Å². The number of benzene rings is 3. The molecular weight excluding hydrogens is 543 g/mol. The van der Waals surface area contributed by atoms with Crippen molar-refractivity contribution in [1.29, 1.82) is 0 Å². The Kier molecular flexibility index (Phi) is 7.44. The first-order valence-electron chi connectivity index (χ1n) is 11.5. The molecule has 0 bridgehead atoms. The number of nitrogens with zero attached hydrogens (tertiary/aromatic N) is 2. The van der Waals surface area contributed by atoms with E-state index in [2.05, 4.69) is 9.17 Å². The van der Waals surface area contributed by atoms with Crippen LogP contribution < -0.4 is 5.73 Å². The first kappa shape index (κ1) is 27.5. The second-order valence-corrected chi connectivity index (χ2v) is 10.6. The predicted octanol–water partition coefficient (Wildman–Crippen LogP) is 6.14. The summed E-state index contributed by atoms with van der Waals surface area (Å²) in [5.41, 5.74) is 7.49. The topological polar surface area (TPSA) is 104 Å². The summed E-state index contributed by atoms with van der Waals surface area (Å²) in [5.74, 6) is 0.576. The minimum atomic E-state index is -4.59.